The second-order valence-corrected chi connectivity index (χ2v) is 7.13. The number of hydrogen-bond donors (Lipinski definition) is 1. The molecule has 29 heavy (non-hydrogen) atoms. The van der Waals surface area contributed by atoms with Gasteiger partial charge in [-0.25, -0.2) is 4.98 Å². The van der Waals surface area contributed by atoms with Crippen molar-refractivity contribution in [3.8, 4) is 33.9 Å². The molecule has 0 radical (unpaired) electrons. The van der Waals surface area contributed by atoms with Crippen molar-refractivity contribution >= 4 is 17.3 Å². The number of hydrogen-bond acceptors (Lipinski definition) is 5. The molecular formula is C23H21NO4S. The van der Waals surface area contributed by atoms with Crippen LogP contribution < -0.4 is 9.47 Å². The number of rotatable bonds is 8. The van der Waals surface area contributed by atoms with Gasteiger partial charge in [0.25, 0.3) is 0 Å². The molecule has 0 saturated heterocycles. The summed E-state index contributed by atoms with van der Waals surface area (Å²) in [5, 5.41) is 11.9. The number of benzene rings is 2. The molecule has 0 aliphatic carbocycles. The van der Waals surface area contributed by atoms with E-state index in [2.05, 4.69) is 16.8 Å². The maximum Gasteiger partial charge on any atom is 0.304 e. The average Bonchev–Trinajstić information content (AvgIpc) is 3.21. The summed E-state index contributed by atoms with van der Waals surface area (Å²) in [5.74, 6) is 6.07. The van der Waals surface area contributed by atoms with Crippen LogP contribution in [0.25, 0.3) is 10.6 Å². The second-order valence-electron chi connectivity index (χ2n) is 6.27. The number of carbonyl (C=O) groups is 1. The van der Waals surface area contributed by atoms with Crippen molar-refractivity contribution in [3.05, 3.63) is 65.2 Å². The Hall–Kier alpha value is -3.30. The Morgan fingerprint density at radius 3 is 2.45 bits per heavy atom. The van der Waals surface area contributed by atoms with Crippen molar-refractivity contribution in [2.45, 2.75) is 25.9 Å². The fourth-order valence-corrected chi connectivity index (χ4v) is 3.60. The van der Waals surface area contributed by atoms with Crippen molar-refractivity contribution in [2.75, 3.05) is 7.11 Å². The molecule has 0 amide bonds. The Labute approximate surface area is 174 Å². The number of aliphatic carboxylic acids is 1. The Bertz CT molecular complexity index is 1010. The first-order valence-corrected chi connectivity index (χ1v) is 9.92. The average molecular weight is 407 g/mol. The molecule has 1 unspecified atom stereocenters. The van der Waals surface area contributed by atoms with Gasteiger partial charge in [-0.05, 0) is 48.9 Å². The van der Waals surface area contributed by atoms with Gasteiger partial charge in [-0.1, -0.05) is 18.1 Å². The van der Waals surface area contributed by atoms with E-state index >= 15 is 0 Å². The van der Waals surface area contributed by atoms with Gasteiger partial charge in [0, 0.05) is 10.9 Å². The van der Waals surface area contributed by atoms with E-state index in [0.29, 0.717) is 12.4 Å². The predicted octanol–water partition coefficient (Wildman–Crippen LogP) is 4.98. The number of nitrogens with zero attached hydrogens (tertiary/aromatic N) is 1. The lowest BCUT2D eigenvalue weighted by molar-refractivity contribution is -0.137. The Balaban J connectivity index is 1.62. The molecule has 1 atom stereocenters. The highest BCUT2D eigenvalue weighted by atomic mass is 32.1. The number of carboxylic acids is 1. The summed E-state index contributed by atoms with van der Waals surface area (Å²) < 4.78 is 11.0. The zero-order chi connectivity index (χ0) is 20.6. The van der Waals surface area contributed by atoms with Crippen molar-refractivity contribution in [1.82, 2.24) is 4.98 Å². The van der Waals surface area contributed by atoms with Crippen LogP contribution in [0.15, 0.2) is 53.9 Å². The smallest absolute Gasteiger partial charge is 0.304 e. The number of carboxylic acid groups (broad SMARTS) is 1. The first-order valence-electron chi connectivity index (χ1n) is 9.04. The standard InChI is InChI=1S/C23H21NO4S/c1-3-4-18(13-22(25)26)16-5-11-21(12-6-16)28-14-19-15-29-23(24-19)17-7-9-20(27-2)10-8-17/h5-12,15,18H,13-14H2,1-2H3,(H,25,26). The minimum Gasteiger partial charge on any atom is -0.497 e. The molecule has 0 aliphatic rings. The summed E-state index contributed by atoms with van der Waals surface area (Å²) >= 11 is 1.57. The molecule has 1 N–H and O–H groups in total. The van der Waals surface area contributed by atoms with Crippen LogP contribution in [-0.4, -0.2) is 23.2 Å². The Morgan fingerprint density at radius 1 is 1.14 bits per heavy atom. The molecule has 0 spiro atoms. The molecule has 0 saturated carbocycles. The van der Waals surface area contributed by atoms with Crippen LogP contribution in [0.1, 0.15) is 30.5 Å². The van der Waals surface area contributed by atoms with Crippen molar-refractivity contribution in [2.24, 2.45) is 0 Å². The number of aromatic nitrogens is 1. The van der Waals surface area contributed by atoms with Gasteiger partial charge in [-0.2, -0.15) is 0 Å². The van der Waals surface area contributed by atoms with Gasteiger partial charge in [0.15, 0.2) is 0 Å². The number of ether oxygens (including phenoxy) is 2. The maximum atomic E-state index is 11.0. The molecule has 0 aliphatic heterocycles. The van der Waals surface area contributed by atoms with Gasteiger partial charge in [0.05, 0.1) is 25.1 Å². The van der Waals surface area contributed by atoms with Crippen molar-refractivity contribution in [1.29, 1.82) is 0 Å². The van der Waals surface area contributed by atoms with Crippen LogP contribution >= 0.6 is 11.3 Å². The van der Waals surface area contributed by atoms with Gasteiger partial charge in [-0.15, -0.1) is 17.3 Å². The predicted molar refractivity (Wildman–Crippen MR) is 113 cm³/mol. The van der Waals surface area contributed by atoms with Gasteiger partial charge in [0.1, 0.15) is 23.1 Å². The lowest BCUT2D eigenvalue weighted by Gasteiger charge is -2.10. The van der Waals surface area contributed by atoms with Crippen LogP contribution in [0, 0.1) is 11.8 Å². The van der Waals surface area contributed by atoms with Crippen molar-refractivity contribution in [3.63, 3.8) is 0 Å². The summed E-state index contributed by atoms with van der Waals surface area (Å²) in [5.41, 5.74) is 2.75. The highest BCUT2D eigenvalue weighted by Crippen LogP contribution is 2.27. The Morgan fingerprint density at radius 2 is 1.83 bits per heavy atom. The molecule has 1 heterocycles. The molecule has 148 valence electrons. The van der Waals surface area contributed by atoms with Crippen molar-refractivity contribution < 1.29 is 19.4 Å². The minimum absolute atomic E-state index is 0.0198. The third-order valence-electron chi connectivity index (χ3n) is 4.26. The van der Waals surface area contributed by atoms with E-state index < -0.39 is 5.97 Å². The van der Waals surface area contributed by atoms with Gasteiger partial charge >= 0.3 is 5.97 Å². The topological polar surface area (TPSA) is 68.7 Å². The van der Waals surface area contributed by atoms with Crippen LogP contribution in [0.3, 0.4) is 0 Å². The monoisotopic (exact) mass is 407 g/mol. The Kier molecular flexibility index (Phi) is 6.88. The molecule has 3 rings (SSSR count). The van der Waals surface area contributed by atoms with E-state index in [1.54, 1.807) is 25.4 Å². The van der Waals surface area contributed by atoms with E-state index in [0.717, 1.165) is 27.6 Å². The van der Waals surface area contributed by atoms with Crippen LogP contribution in [-0.2, 0) is 11.4 Å². The molecule has 2 aromatic carbocycles. The minimum atomic E-state index is -0.866. The number of methoxy groups -OCH3 is 1. The summed E-state index contributed by atoms with van der Waals surface area (Å²) in [4.78, 5) is 15.6. The fraction of sp³-hybridized carbons (Fsp3) is 0.217. The summed E-state index contributed by atoms with van der Waals surface area (Å²) in [6, 6.07) is 15.2. The van der Waals surface area contributed by atoms with Gasteiger partial charge in [-0.3, -0.25) is 4.79 Å². The summed E-state index contributed by atoms with van der Waals surface area (Å²) in [7, 11) is 1.64. The SMILES string of the molecule is CC#CC(CC(=O)O)c1ccc(OCc2csc(-c3ccc(OC)cc3)n2)cc1. The maximum absolute atomic E-state index is 11.0. The fourth-order valence-electron chi connectivity index (χ4n) is 2.79. The van der Waals surface area contributed by atoms with E-state index in [-0.39, 0.29) is 12.3 Å². The highest BCUT2D eigenvalue weighted by molar-refractivity contribution is 7.13. The van der Waals surface area contributed by atoms with Crippen LogP contribution in [0.5, 0.6) is 11.5 Å². The third kappa shape index (κ3) is 5.59. The zero-order valence-corrected chi connectivity index (χ0v) is 17.0. The van der Waals surface area contributed by atoms with E-state index in [4.69, 9.17) is 14.6 Å². The normalized spacial score (nSPS) is 11.2. The zero-order valence-electron chi connectivity index (χ0n) is 16.2. The summed E-state index contributed by atoms with van der Waals surface area (Å²) in [6.07, 6.45) is -0.0198. The highest BCUT2D eigenvalue weighted by Gasteiger charge is 2.13. The molecule has 5 nitrogen and oxygen atoms in total. The van der Waals surface area contributed by atoms with Gasteiger partial charge < -0.3 is 14.6 Å². The molecular weight excluding hydrogens is 386 g/mol. The largest absolute Gasteiger partial charge is 0.497 e. The first kappa shape index (κ1) is 20.4. The summed E-state index contributed by atoms with van der Waals surface area (Å²) in [6.45, 7) is 2.07. The quantitative estimate of drug-likeness (QED) is 0.534. The van der Waals surface area contributed by atoms with E-state index in [1.165, 1.54) is 0 Å². The third-order valence-corrected chi connectivity index (χ3v) is 5.20. The lowest BCUT2D eigenvalue weighted by Crippen LogP contribution is -2.04. The lowest BCUT2D eigenvalue weighted by atomic mass is 9.96. The van der Waals surface area contributed by atoms with E-state index in [9.17, 15) is 4.79 Å². The molecule has 3 aromatic rings. The molecule has 6 heteroatoms. The second kappa shape index (κ2) is 9.76. The molecule has 1 aromatic heterocycles. The first-order chi connectivity index (χ1) is 14.1. The molecule has 0 fully saturated rings. The number of thiazole rings is 1. The molecule has 0 bridgehead atoms. The van der Waals surface area contributed by atoms with Gasteiger partial charge in [0.2, 0.25) is 0 Å². The van der Waals surface area contributed by atoms with E-state index in [1.807, 2.05) is 53.9 Å². The van der Waals surface area contributed by atoms with Crippen LogP contribution in [0.2, 0.25) is 0 Å². The van der Waals surface area contributed by atoms with Crippen LogP contribution in [0.4, 0.5) is 0 Å².